The number of carboxylic acids is 1. The molecule has 1 amide bonds. The minimum Gasteiger partial charge on any atom is -0.480 e. The summed E-state index contributed by atoms with van der Waals surface area (Å²) in [6, 6.07) is 8.77. The molecule has 0 aliphatic rings. The van der Waals surface area contributed by atoms with Crippen molar-refractivity contribution in [1.82, 2.24) is 14.9 Å². The Bertz CT molecular complexity index is 719. The van der Waals surface area contributed by atoms with Gasteiger partial charge in [-0.25, -0.2) is 14.6 Å². The third-order valence-corrected chi connectivity index (χ3v) is 3.30. The van der Waals surface area contributed by atoms with Crippen molar-refractivity contribution in [3.63, 3.8) is 0 Å². The van der Waals surface area contributed by atoms with Crippen LogP contribution in [0.2, 0.25) is 0 Å². The number of carboxylic acid groups (broad SMARTS) is 1. The topological polar surface area (TPSA) is 93.5 Å². The summed E-state index contributed by atoms with van der Waals surface area (Å²) in [5, 5.41) is 11.7. The summed E-state index contributed by atoms with van der Waals surface area (Å²) < 4.78 is 6.97. The van der Waals surface area contributed by atoms with Gasteiger partial charge >= 0.3 is 12.1 Å². The van der Waals surface area contributed by atoms with E-state index >= 15 is 0 Å². The predicted octanol–water partition coefficient (Wildman–Crippen LogP) is 2.45. The fourth-order valence-corrected chi connectivity index (χ4v) is 2.25. The van der Waals surface area contributed by atoms with E-state index in [0.717, 1.165) is 5.56 Å². The number of benzene rings is 1. The first-order chi connectivity index (χ1) is 11.7. The Morgan fingerprint density at radius 2 is 1.96 bits per heavy atom. The number of carbonyl (C=O) groups is 2. The van der Waals surface area contributed by atoms with Gasteiger partial charge in [-0.2, -0.15) is 0 Å². The zero-order valence-corrected chi connectivity index (χ0v) is 14.6. The molecule has 2 rings (SSSR count). The van der Waals surface area contributed by atoms with Crippen molar-refractivity contribution < 1.29 is 19.4 Å². The standard InChI is InChI=1S/C18H23N3O4/c1-18(2,3)25-17(24)20-15(16(22)23)9-14-11-21(12-19-14)10-13-7-5-4-6-8-13/h4-8,11-12,15H,9-10H2,1-3H3,(H,20,24)(H,22,23)/t15-/m0/s1. The molecule has 0 aliphatic carbocycles. The monoisotopic (exact) mass is 345 g/mol. The highest BCUT2D eigenvalue weighted by Crippen LogP contribution is 2.09. The van der Waals surface area contributed by atoms with Gasteiger partial charge in [-0.1, -0.05) is 30.3 Å². The summed E-state index contributed by atoms with van der Waals surface area (Å²) >= 11 is 0. The van der Waals surface area contributed by atoms with Crippen LogP contribution in [-0.4, -0.2) is 38.4 Å². The molecule has 0 fully saturated rings. The number of nitrogens with one attached hydrogen (secondary N) is 1. The third-order valence-electron chi connectivity index (χ3n) is 3.30. The lowest BCUT2D eigenvalue weighted by Gasteiger charge is -2.21. The van der Waals surface area contributed by atoms with E-state index in [-0.39, 0.29) is 6.42 Å². The van der Waals surface area contributed by atoms with Crippen molar-refractivity contribution in [3.8, 4) is 0 Å². The van der Waals surface area contributed by atoms with Gasteiger partial charge in [0.2, 0.25) is 0 Å². The van der Waals surface area contributed by atoms with Crippen molar-refractivity contribution in [1.29, 1.82) is 0 Å². The van der Waals surface area contributed by atoms with Gasteiger partial charge < -0.3 is 19.7 Å². The zero-order valence-electron chi connectivity index (χ0n) is 14.6. The molecule has 134 valence electrons. The van der Waals surface area contributed by atoms with E-state index in [2.05, 4.69) is 10.3 Å². The van der Waals surface area contributed by atoms with Crippen LogP contribution < -0.4 is 5.32 Å². The van der Waals surface area contributed by atoms with Gasteiger partial charge in [0, 0.05) is 19.2 Å². The summed E-state index contributed by atoms with van der Waals surface area (Å²) in [6.07, 6.45) is 2.74. The Morgan fingerprint density at radius 1 is 1.28 bits per heavy atom. The molecule has 2 N–H and O–H groups in total. The van der Waals surface area contributed by atoms with Crippen LogP contribution in [0.25, 0.3) is 0 Å². The smallest absolute Gasteiger partial charge is 0.408 e. The minimum atomic E-state index is -1.14. The summed E-state index contributed by atoms with van der Waals surface area (Å²) in [5.74, 6) is -1.14. The van der Waals surface area contributed by atoms with Crippen LogP contribution in [0, 0.1) is 0 Å². The molecule has 0 radical (unpaired) electrons. The fourth-order valence-electron chi connectivity index (χ4n) is 2.25. The Labute approximate surface area is 146 Å². The zero-order chi connectivity index (χ0) is 18.4. The van der Waals surface area contributed by atoms with Gasteiger partial charge in [-0.15, -0.1) is 0 Å². The van der Waals surface area contributed by atoms with E-state index in [4.69, 9.17) is 4.74 Å². The Kier molecular flexibility index (Phi) is 5.80. The highest BCUT2D eigenvalue weighted by molar-refractivity contribution is 5.80. The van der Waals surface area contributed by atoms with Crippen LogP contribution in [0.1, 0.15) is 32.0 Å². The van der Waals surface area contributed by atoms with Gasteiger partial charge in [0.15, 0.2) is 0 Å². The van der Waals surface area contributed by atoms with Crippen LogP contribution in [-0.2, 0) is 22.5 Å². The van der Waals surface area contributed by atoms with Gasteiger partial charge in [0.1, 0.15) is 11.6 Å². The number of rotatable bonds is 6. The normalized spacial score (nSPS) is 12.4. The number of aromatic nitrogens is 2. The summed E-state index contributed by atoms with van der Waals surface area (Å²) in [6.45, 7) is 5.79. The Balaban J connectivity index is 1.98. The van der Waals surface area contributed by atoms with Gasteiger partial charge in [-0.3, -0.25) is 0 Å². The molecule has 2 aromatic rings. The first-order valence-electron chi connectivity index (χ1n) is 8.00. The maximum atomic E-state index is 11.8. The first-order valence-corrected chi connectivity index (χ1v) is 8.00. The van der Waals surface area contributed by atoms with Crippen LogP contribution in [0.5, 0.6) is 0 Å². The maximum Gasteiger partial charge on any atom is 0.408 e. The van der Waals surface area contributed by atoms with E-state index < -0.39 is 23.7 Å². The van der Waals surface area contributed by atoms with Gasteiger partial charge in [0.25, 0.3) is 0 Å². The van der Waals surface area contributed by atoms with Crippen molar-refractivity contribution in [2.75, 3.05) is 0 Å². The molecular formula is C18H23N3O4. The van der Waals surface area contributed by atoms with Crippen LogP contribution in [0.3, 0.4) is 0 Å². The number of nitrogens with zero attached hydrogens (tertiary/aromatic N) is 2. The van der Waals surface area contributed by atoms with Crippen molar-refractivity contribution in [2.45, 2.75) is 45.4 Å². The first kappa shape index (κ1) is 18.5. The second-order valence-corrected chi connectivity index (χ2v) is 6.76. The molecule has 7 nitrogen and oxygen atoms in total. The van der Waals surface area contributed by atoms with Crippen molar-refractivity contribution in [2.24, 2.45) is 0 Å². The molecule has 1 aromatic heterocycles. The number of alkyl carbamates (subject to hydrolysis) is 1. The number of imidazole rings is 1. The van der Waals surface area contributed by atoms with E-state index in [0.29, 0.717) is 12.2 Å². The molecule has 0 unspecified atom stereocenters. The lowest BCUT2D eigenvalue weighted by Crippen LogP contribution is -2.44. The second kappa shape index (κ2) is 7.83. The molecule has 1 aromatic carbocycles. The summed E-state index contributed by atoms with van der Waals surface area (Å²) in [4.78, 5) is 27.4. The molecule has 1 atom stereocenters. The molecular weight excluding hydrogens is 322 g/mol. The van der Waals surface area contributed by atoms with Gasteiger partial charge in [0.05, 0.1) is 12.0 Å². The lowest BCUT2D eigenvalue weighted by molar-refractivity contribution is -0.139. The van der Waals surface area contributed by atoms with E-state index in [9.17, 15) is 14.7 Å². The number of hydrogen-bond donors (Lipinski definition) is 2. The number of carbonyl (C=O) groups excluding carboxylic acids is 1. The Hall–Kier alpha value is -2.83. The summed E-state index contributed by atoms with van der Waals surface area (Å²) in [7, 11) is 0. The highest BCUT2D eigenvalue weighted by Gasteiger charge is 2.24. The average Bonchev–Trinajstić information content (AvgIpc) is 2.92. The maximum absolute atomic E-state index is 11.8. The van der Waals surface area contributed by atoms with Crippen molar-refractivity contribution in [3.05, 3.63) is 54.1 Å². The molecule has 1 heterocycles. The molecule has 0 bridgehead atoms. The van der Waals surface area contributed by atoms with E-state index in [1.165, 1.54) is 0 Å². The average molecular weight is 345 g/mol. The summed E-state index contributed by atoms with van der Waals surface area (Å²) in [5.41, 5.74) is 1.01. The van der Waals surface area contributed by atoms with Crippen LogP contribution >= 0.6 is 0 Å². The highest BCUT2D eigenvalue weighted by atomic mass is 16.6. The third kappa shape index (κ3) is 6.29. The molecule has 0 saturated carbocycles. The largest absolute Gasteiger partial charge is 0.480 e. The van der Waals surface area contributed by atoms with E-state index in [1.54, 1.807) is 33.3 Å². The van der Waals surface area contributed by atoms with Gasteiger partial charge in [-0.05, 0) is 26.3 Å². The molecule has 0 spiro atoms. The number of aliphatic carboxylic acids is 1. The second-order valence-electron chi connectivity index (χ2n) is 6.76. The molecule has 0 aliphatic heterocycles. The molecule has 7 heteroatoms. The van der Waals surface area contributed by atoms with Crippen LogP contribution in [0.15, 0.2) is 42.9 Å². The molecule has 0 saturated heterocycles. The van der Waals surface area contributed by atoms with Crippen LogP contribution in [0.4, 0.5) is 4.79 Å². The van der Waals surface area contributed by atoms with Crippen molar-refractivity contribution >= 4 is 12.1 Å². The number of hydrogen-bond acceptors (Lipinski definition) is 4. The number of ether oxygens (including phenoxy) is 1. The number of amides is 1. The lowest BCUT2D eigenvalue weighted by atomic mass is 10.1. The quantitative estimate of drug-likeness (QED) is 0.839. The SMILES string of the molecule is CC(C)(C)OC(=O)N[C@@H](Cc1cn(Cc2ccccc2)cn1)C(=O)O. The molecule has 25 heavy (non-hydrogen) atoms. The van der Waals surface area contributed by atoms with E-state index in [1.807, 2.05) is 34.9 Å². The Morgan fingerprint density at radius 3 is 2.56 bits per heavy atom. The fraction of sp³-hybridized carbons (Fsp3) is 0.389. The minimum absolute atomic E-state index is 0.0797. The predicted molar refractivity (Wildman–Crippen MR) is 92.3 cm³/mol.